The van der Waals surface area contributed by atoms with Gasteiger partial charge in [0, 0.05) is 25.9 Å². The molecule has 2 unspecified atom stereocenters. The highest BCUT2D eigenvalue weighted by molar-refractivity contribution is 5.66. The van der Waals surface area contributed by atoms with Crippen molar-refractivity contribution >= 4 is 11.9 Å². The molecule has 1 N–H and O–H groups in total. The van der Waals surface area contributed by atoms with Gasteiger partial charge >= 0.3 is 11.9 Å². The summed E-state index contributed by atoms with van der Waals surface area (Å²) >= 11 is 0. The minimum Gasteiger partial charge on any atom is -0.481 e. The van der Waals surface area contributed by atoms with E-state index >= 15 is 0 Å². The minimum atomic E-state index is -0.691. The second-order valence-electron chi connectivity index (χ2n) is 8.62. The van der Waals surface area contributed by atoms with Crippen LogP contribution in [0.1, 0.15) is 91.9 Å². The highest BCUT2D eigenvalue weighted by Gasteiger charge is 2.39. The maximum atomic E-state index is 11.1. The summed E-state index contributed by atoms with van der Waals surface area (Å²) in [6.07, 6.45) is 9.97. The van der Waals surface area contributed by atoms with Gasteiger partial charge < -0.3 is 19.3 Å². The van der Waals surface area contributed by atoms with E-state index in [1.165, 1.54) is 32.6 Å². The fourth-order valence-electron chi connectivity index (χ4n) is 3.88. The lowest BCUT2D eigenvalue weighted by Gasteiger charge is -2.43. The van der Waals surface area contributed by atoms with Gasteiger partial charge in [0.15, 0.2) is 6.29 Å². The summed E-state index contributed by atoms with van der Waals surface area (Å²) in [6, 6.07) is 0. The van der Waals surface area contributed by atoms with E-state index in [9.17, 15) is 9.59 Å². The Morgan fingerprint density at radius 1 is 0.828 bits per heavy atom. The van der Waals surface area contributed by atoms with E-state index < -0.39 is 5.97 Å². The van der Waals surface area contributed by atoms with Crippen molar-refractivity contribution in [3.63, 3.8) is 0 Å². The monoisotopic (exact) mass is 414 g/mol. The average molecular weight is 415 g/mol. The molecule has 5 atom stereocenters. The van der Waals surface area contributed by atoms with Gasteiger partial charge in [0.2, 0.25) is 0 Å². The zero-order valence-corrected chi connectivity index (χ0v) is 18.9. The normalized spacial score (nSPS) is 27.0. The molecule has 0 amide bonds. The van der Waals surface area contributed by atoms with Crippen LogP contribution in [-0.2, 0) is 23.8 Å². The van der Waals surface area contributed by atoms with Crippen LogP contribution in [0.15, 0.2) is 0 Å². The zero-order valence-electron chi connectivity index (χ0n) is 18.9. The van der Waals surface area contributed by atoms with Gasteiger partial charge in [-0.2, -0.15) is 0 Å². The van der Waals surface area contributed by atoms with Crippen molar-refractivity contribution in [3.8, 4) is 0 Å². The zero-order chi connectivity index (χ0) is 21.6. The van der Waals surface area contributed by atoms with Gasteiger partial charge in [0.1, 0.15) is 6.61 Å². The third-order valence-electron chi connectivity index (χ3n) is 6.25. The van der Waals surface area contributed by atoms with Crippen LogP contribution in [0.25, 0.3) is 0 Å². The summed E-state index contributed by atoms with van der Waals surface area (Å²) in [5.41, 5.74) is 0. The van der Waals surface area contributed by atoms with Crippen molar-refractivity contribution in [2.45, 2.75) is 104 Å². The molecule has 6 heteroatoms. The Hall–Kier alpha value is -1.14. The first-order valence-electron chi connectivity index (χ1n) is 11.4. The summed E-state index contributed by atoms with van der Waals surface area (Å²) in [6.45, 7) is 8.96. The summed E-state index contributed by atoms with van der Waals surface area (Å²) in [5.74, 6) is 0.131. The highest BCUT2D eigenvalue weighted by Crippen LogP contribution is 2.35. The lowest BCUT2D eigenvalue weighted by molar-refractivity contribution is -0.255. The van der Waals surface area contributed by atoms with Gasteiger partial charge in [-0.1, -0.05) is 65.7 Å². The molecule has 1 heterocycles. The molecule has 1 aliphatic heterocycles. The molecule has 1 saturated heterocycles. The van der Waals surface area contributed by atoms with Crippen molar-refractivity contribution in [1.82, 2.24) is 0 Å². The molecule has 1 aliphatic rings. The molecule has 0 aromatic rings. The fourth-order valence-corrected chi connectivity index (χ4v) is 3.88. The van der Waals surface area contributed by atoms with Gasteiger partial charge in [-0.25, -0.2) is 0 Å². The van der Waals surface area contributed by atoms with Gasteiger partial charge in [0.05, 0.1) is 6.10 Å². The predicted octanol–water partition coefficient (Wildman–Crippen LogP) is 5.18. The van der Waals surface area contributed by atoms with E-state index in [4.69, 9.17) is 19.3 Å². The van der Waals surface area contributed by atoms with Crippen LogP contribution in [-0.4, -0.2) is 42.7 Å². The quantitative estimate of drug-likeness (QED) is 0.293. The Bertz CT molecular complexity index is 466. The van der Waals surface area contributed by atoms with Crippen molar-refractivity contribution in [1.29, 1.82) is 0 Å². The van der Waals surface area contributed by atoms with Crippen molar-refractivity contribution in [2.75, 3.05) is 13.2 Å². The third-order valence-corrected chi connectivity index (χ3v) is 6.25. The number of esters is 1. The van der Waals surface area contributed by atoms with E-state index in [1.807, 2.05) is 0 Å². The van der Waals surface area contributed by atoms with Gasteiger partial charge in [-0.3, -0.25) is 9.59 Å². The first kappa shape index (κ1) is 25.9. The molecular formula is C23H42O6. The molecule has 0 aromatic carbocycles. The Kier molecular flexibility index (Phi) is 13.2. The van der Waals surface area contributed by atoms with Gasteiger partial charge in [-0.05, 0) is 24.7 Å². The summed E-state index contributed by atoms with van der Waals surface area (Å²) in [4.78, 5) is 21.5. The van der Waals surface area contributed by atoms with E-state index in [0.717, 1.165) is 32.1 Å². The number of carbonyl (C=O) groups is 2. The standard InChI is InChI=1S/C23H42O6/c1-17-18(2)21(16-28-20(4)24)29-23(19(17)3)27-15-13-11-9-7-5-6-8-10-12-14-22(25)26/h17-19,21,23H,5-16H2,1-4H3,(H,25,26)/t17-,18+,19?,21?,23+/m0/s1. The number of unbranched alkanes of at least 4 members (excludes halogenated alkanes) is 8. The van der Waals surface area contributed by atoms with Crippen LogP contribution in [0.2, 0.25) is 0 Å². The summed E-state index contributed by atoms with van der Waals surface area (Å²) in [7, 11) is 0. The number of carboxylic acid groups (broad SMARTS) is 1. The number of hydrogen-bond donors (Lipinski definition) is 1. The maximum absolute atomic E-state index is 11.1. The second-order valence-corrected chi connectivity index (χ2v) is 8.62. The molecule has 0 aliphatic carbocycles. The Morgan fingerprint density at radius 3 is 1.93 bits per heavy atom. The largest absolute Gasteiger partial charge is 0.481 e. The molecule has 170 valence electrons. The van der Waals surface area contributed by atoms with Crippen LogP contribution in [0, 0.1) is 17.8 Å². The van der Waals surface area contributed by atoms with Crippen molar-refractivity contribution in [2.24, 2.45) is 17.8 Å². The van der Waals surface area contributed by atoms with E-state index in [2.05, 4.69) is 20.8 Å². The molecular weight excluding hydrogens is 372 g/mol. The van der Waals surface area contributed by atoms with Gasteiger partial charge in [-0.15, -0.1) is 0 Å². The van der Waals surface area contributed by atoms with Crippen LogP contribution in [0.4, 0.5) is 0 Å². The number of ether oxygens (including phenoxy) is 3. The van der Waals surface area contributed by atoms with Crippen LogP contribution >= 0.6 is 0 Å². The van der Waals surface area contributed by atoms with E-state index in [1.54, 1.807) is 0 Å². The van der Waals surface area contributed by atoms with Crippen LogP contribution in [0.3, 0.4) is 0 Å². The maximum Gasteiger partial charge on any atom is 0.303 e. The molecule has 0 spiro atoms. The molecule has 1 fully saturated rings. The summed E-state index contributed by atoms with van der Waals surface area (Å²) < 4.78 is 17.3. The van der Waals surface area contributed by atoms with Crippen LogP contribution < -0.4 is 0 Å². The molecule has 0 saturated carbocycles. The molecule has 0 aromatic heterocycles. The highest BCUT2D eigenvalue weighted by atomic mass is 16.7. The van der Waals surface area contributed by atoms with Crippen LogP contribution in [0.5, 0.6) is 0 Å². The molecule has 29 heavy (non-hydrogen) atoms. The second kappa shape index (κ2) is 14.8. The Labute approximate surface area is 176 Å². The third kappa shape index (κ3) is 11.0. The van der Waals surface area contributed by atoms with Crippen molar-refractivity contribution < 1.29 is 28.9 Å². The topological polar surface area (TPSA) is 82.1 Å². The fraction of sp³-hybridized carbons (Fsp3) is 0.913. The first-order valence-corrected chi connectivity index (χ1v) is 11.4. The Morgan fingerprint density at radius 2 is 1.38 bits per heavy atom. The summed E-state index contributed by atoms with van der Waals surface area (Å²) in [5, 5.41) is 8.60. The number of rotatable bonds is 15. The SMILES string of the molecule is CC(=O)OCC1O[C@@H](OCCCCCCCCCCCC(=O)O)C(C)[C@@H](C)[C@H]1C. The Balaban J connectivity index is 2.09. The molecule has 0 bridgehead atoms. The number of aliphatic carboxylic acids is 1. The lowest BCUT2D eigenvalue weighted by Crippen LogP contribution is -2.47. The van der Waals surface area contributed by atoms with E-state index in [-0.39, 0.29) is 18.4 Å². The lowest BCUT2D eigenvalue weighted by atomic mass is 9.79. The minimum absolute atomic E-state index is 0.106. The first-order chi connectivity index (χ1) is 13.8. The van der Waals surface area contributed by atoms with E-state index in [0.29, 0.717) is 37.4 Å². The molecule has 6 nitrogen and oxygen atoms in total. The molecule has 1 rings (SSSR count). The van der Waals surface area contributed by atoms with Crippen molar-refractivity contribution in [3.05, 3.63) is 0 Å². The number of carboxylic acids is 1. The predicted molar refractivity (Wildman–Crippen MR) is 113 cm³/mol. The number of carbonyl (C=O) groups excluding carboxylic acids is 1. The average Bonchev–Trinajstić information content (AvgIpc) is 2.67. The number of hydrogen-bond acceptors (Lipinski definition) is 5. The molecule has 0 radical (unpaired) electrons. The van der Waals surface area contributed by atoms with Gasteiger partial charge in [0.25, 0.3) is 0 Å². The smallest absolute Gasteiger partial charge is 0.303 e.